The zero-order valence-corrected chi connectivity index (χ0v) is 12.5. The summed E-state index contributed by atoms with van der Waals surface area (Å²) in [7, 11) is 1.72. The first kappa shape index (κ1) is 13.9. The minimum absolute atomic E-state index is 0.419. The summed E-state index contributed by atoms with van der Waals surface area (Å²) >= 11 is 0. The molecule has 2 aliphatic rings. The molecule has 20 heavy (non-hydrogen) atoms. The molecule has 110 valence electrons. The van der Waals surface area contributed by atoms with Gasteiger partial charge in [0, 0.05) is 25.2 Å². The first-order valence-electron chi connectivity index (χ1n) is 7.74. The summed E-state index contributed by atoms with van der Waals surface area (Å²) in [4.78, 5) is 2.55. The monoisotopic (exact) mass is 275 g/mol. The molecule has 1 aromatic rings. The number of aliphatic hydroxyl groups excluding tert-OH is 1. The maximum atomic E-state index is 9.75. The van der Waals surface area contributed by atoms with Crippen molar-refractivity contribution in [2.75, 3.05) is 20.2 Å². The van der Waals surface area contributed by atoms with Gasteiger partial charge in [0.25, 0.3) is 0 Å². The molecule has 3 heteroatoms. The molecule has 1 aliphatic carbocycles. The molecule has 3 rings (SSSR count). The van der Waals surface area contributed by atoms with Crippen LogP contribution in [-0.4, -0.2) is 30.2 Å². The summed E-state index contributed by atoms with van der Waals surface area (Å²) in [5.74, 6) is 2.77. The number of nitrogens with zero attached hydrogens (tertiary/aromatic N) is 1. The molecule has 0 radical (unpaired) electrons. The average molecular weight is 275 g/mol. The standard InChI is InChI=1S/C17H25NO2/c1-12(19)13-6-7-17(20-2)16(8-13)11-18-9-14-4-3-5-15(14)10-18/h6-8,12,14-15,19H,3-5,9-11H2,1-2H3. The van der Waals surface area contributed by atoms with Gasteiger partial charge in [-0.2, -0.15) is 0 Å². The van der Waals surface area contributed by atoms with Gasteiger partial charge in [-0.1, -0.05) is 12.5 Å². The quantitative estimate of drug-likeness (QED) is 0.917. The van der Waals surface area contributed by atoms with Crippen LogP contribution in [0.25, 0.3) is 0 Å². The van der Waals surface area contributed by atoms with E-state index in [9.17, 15) is 5.11 Å². The lowest BCUT2D eigenvalue weighted by molar-refractivity contribution is 0.199. The molecule has 1 aromatic carbocycles. The number of benzene rings is 1. The van der Waals surface area contributed by atoms with Gasteiger partial charge in [-0.15, -0.1) is 0 Å². The van der Waals surface area contributed by atoms with E-state index < -0.39 is 6.10 Å². The predicted molar refractivity (Wildman–Crippen MR) is 79.7 cm³/mol. The van der Waals surface area contributed by atoms with Gasteiger partial charge in [-0.05, 0) is 49.3 Å². The Hall–Kier alpha value is -1.06. The smallest absolute Gasteiger partial charge is 0.123 e. The first-order chi connectivity index (χ1) is 9.67. The van der Waals surface area contributed by atoms with Gasteiger partial charge in [0.1, 0.15) is 5.75 Å². The van der Waals surface area contributed by atoms with Crippen molar-refractivity contribution in [1.82, 2.24) is 4.90 Å². The summed E-state index contributed by atoms with van der Waals surface area (Å²) in [6.07, 6.45) is 3.82. The van der Waals surface area contributed by atoms with Crippen molar-refractivity contribution in [2.45, 2.75) is 38.8 Å². The van der Waals surface area contributed by atoms with Crippen LogP contribution in [0.2, 0.25) is 0 Å². The van der Waals surface area contributed by atoms with Crippen LogP contribution < -0.4 is 4.74 Å². The number of hydrogen-bond acceptors (Lipinski definition) is 3. The van der Waals surface area contributed by atoms with Crippen molar-refractivity contribution in [3.8, 4) is 5.75 Å². The number of rotatable bonds is 4. The van der Waals surface area contributed by atoms with Crippen molar-refractivity contribution in [2.24, 2.45) is 11.8 Å². The van der Waals surface area contributed by atoms with Crippen molar-refractivity contribution in [1.29, 1.82) is 0 Å². The number of aliphatic hydroxyl groups is 1. The van der Waals surface area contributed by atoms with Crippen LogP contribution in [0.1, 0.15) is 43.4 Å². The molecule has 1 N–H and O–H groups in total. The molecule has 1 heterocycles. The number of likely N-dealkylation sites (tertiary alicyclic amines) is 1. The predicted octanol–water partition coefficient (Wildman–Crippen LogP) is 2.98. The van der Waals surface area contributed by atoms with Gasteiger partial charge in [0.2, 0.25) is 0 Å². The van der Waals surface area contributed by atoms with Crippen LogP contribution in [0.3, 0.4) is 0 Å². The van der Waals surface area contributed by atoms with E-state index in [0.717, 1.165) is 29.7 Å². The second-order valence-corrected chi connectivity index (χ2v) is 6.39. The van der Waals surface area contributed by atoms with E-state index in [0.29, 0.717) is 0 Å². The highest BCUT2D eigenvalue weighted by Crippen LogP contribution is 2.38. The Bertz CT molecular complexity index is 460. The lowest BCUT2D eigenvalue weighted by Crippen LogP contribution is -2.21. The summed E-state index contributed by atoms with van der Waals surface area (Å²) < 4.78 is 5.48. The Balaban J connectivity index is 1.74. The van der Waals surface area contributed by atoms with Gasteiger partial charge in [0.05, 0.1) is 13.2 Å². The fourth-order valence-electron chi connectivity index (χ4n) is 3.88. The van der Waals surface area contributed by atoms with E-state index in [1.165, 1.54) is 37.9 Å². The SMILES string of the molecule is COc1ccc(C(C)O)cc1CN1CC2CCCC2C1. The van der Waals surface area contributed by atoms with Gasteiger partial charge in [-0.25, -0.2) is 0 Å². The highest BCUT2D eigenvalue weighted by Gasteiger charge is 2.36. The van der Waals surface area contributed by atoms with Crippen molar-refractivity contribution >= 4 is 0 Å². The van der Waals surface area contributed by atoms with Crippen LogP contribution in [-0.2, 0) is 6.54 Å². The van der Waals surface area contributed by atoms with E-state index in [1.807, 2.05) is 19.1 Å². The van der Waals surface area contributed by atoms with Gasteiger partial charge in [-0.3, -0.25) is 4.90 Å². The van der Waals surface area contributed by atoms with E-state index in [2.05, 4.69) is 11.0 Å². The largest absolute Gasteiger partial charge is 0.496 e. The summed E-state index contributed by atoms with van der Waals surface area (Å²) in [5.41, 5.74) is 2.17. The minimum Gasteiger partial charge on any atom is -0.496 e. The zero-order chi connectivity index (χ0) is 14.1. The van der Waals surface area contributed by atoms with Crippen molar-refractivity contribution < 1.29 is 9.84 Å². The van der Waals surface area contributed by atoms with Gasteiger partial charge < -0.3 is 9.84 Å². The normalized spacial score (nSPS) is 27.6. The third kappa shape index (κ3) is 2.70. The molecule has 2 fully saturated rings. The molecule has 0 bridgehead atoms. The van der Waals surface area contributed by atoms with Crippen LogP contribution in [0, 0.1) is 11.8 Å². The Morgan fingerprint density at radius 2 is 2.00 bits per heavy atom. The molecule has 0 amide bonds. The summed E-state index contributed by atoms with van der Waals surface area (Å²) in [6, 6.07) is 6.03. The summed E-state index contributed by atoms with van der Waals surface area (Å²) in [6.45, 7) is 5.21. The Labute approximate surface area is 121 Å². The summed E-state index contributed by atoms with van der Waals surface area (Å²) in [5, 5.41) is 9.75. The molecule has 1 aliphatic heterocycles. The molecule has 0 spiro atoms. The molecule has 1 saturated heterocycles. The maximum absolute atomic E-state index is 9.75. The van der Waals surface area contributed by atoms with E-state index >= 15 is 0 Å². The van der Waals surface area contributed by atoms with Crippen molar-refractivity contribution in [3.63, 3.8) is 0 Å². The fraction of sp³-hybridized carbons (Fsp3) is 0.647. The van der Waals surface area contributed by atoms with Crippen LogP contribution in [0.5, 0.6) is 5.75 Å². The topological polar surface area (TPSA) is 32.7 Å². The first-order valence-corrected chi connectivity index (χ1v) is 7.74. The highest BCUT2D eigenvalue weighted by molar-refractivity contribution is 5.38. The van der Waals surface area contributed by atoms with Gasteiger partial charge >= 0.3 is 0 Å². The zero-order valence-electron chi connectivity index (χ0n) is 12.5. The minimum atomic E-state index is -0.419. The highest BCUT2D eigenvalue weighted by atomic mass is 16.5. The lowest BCUT2D eigenvalue weighted by atomic mass is 10.0. The van der Waals surface area contributed by atoms with Gasteiger partial charge in [0.15, 0.2) is 0 Å². The number of ether oxygens (including phenoxy) is 1. The Kier molecular flexibility index (Phi) is 3.99. The number of fused-ring (bicyclic) bond motifs is 1. The van der Waals surface area contributed by atoms with E-state index in [1.54, 1.807) is 7.11 Å². The maximum Gasteiger partial charge on any atom is 0.123 e. The second-order valence-electron chi connectivity index (χ2n) is 6.39. The number of hydrogen-bond donors (Lipinski definition) is 1. The molecular formula is C17H25NO2. The fourth-order valence-corrected chi connectivity index (χ4v) is 3.88. The Morgan fingerprint density at radius 1 is 1.30 bits per heavy atom. The number of methoxy groups -OCH3 is 1. The third-order valence-corrected chi connectivity index (χ3v) is 4.98. The molecule has 3 unspecified atom stereocenters. The Morgan fingerprint density at radius 3 is 2.60 bits per heavy atom. The lowest BCUT2D eigenvalue weighted by Gasteiger charge is -2.19. The molecule has 3 atom stereocenters. The van der Waals surface area contributed by atoms with Crippen LogP contribution >= 0.6 is 0 Å². The second kappa shape index (κ2) is 5.74. The van der Waals surface area contributed by atoms with E-state index in [-0.39, 0.29) is 0 Å². The third-order valence-electron chi connectivity index (χ3n) is 4.98. The van der Waals surface area contributed by atoms with Crippen molar-refractivity contribution in [3.05, 3.63) is 29.3 Å². The molecule has 0 aromatic heterocycles. The molecule has 1 saturated carbocycles. The molecule has 3 nitrogen and oxygen atoms in total. The van der Waals surface area contributed by atoms with Crippen LogP contribution in [0.15, 0.2) is 18.2 Å². The average Bonchev–Trinajstić information content (AvgIpc) is 2.99. The van der Waals surface area contributed by atoms with E-state index in [4.69, 9.17) is 4.74 Å². The van der Waals surface area contributed by atoms with Crippen LogP contribution in [0.4, 0.5) is 0 Å². The molecular weight excluding hydrogens is 250 g/mol.